The van der Waals surface area contributed by atoms with Crippen LogP contribution in [0.15, 0.2) is 30.6 Å². The molecule has 4 heterocycles. The number of aromatic nitrogens is 5. The number of fused-ring (bicyclic) bond motifs is 1. The lowest BCUT2D eigenvalue weighted by molar-refractivity contribution is 0.00396. The fourth-order valence-electron chi connectivity index (χ4n) is 4.39. The molecule has 4 aromatic rings. The van der Waals surface area contributed by atoms with E-state index < -0.39 is 11.6 Å². The zero-order chi connectivity index (χ0) is 23.4. The first-order valence-electron chi connectivity index (χ1n) is 11.4. The summed E-state index contributed by atoms with van der Waals surface area (Å²) in [6.07, 6.45) is 7.63. The largest absolute Gasteiger partial charge is 0.373 e. The third-order valence-corrected chi connectivity index (χ3v) is 7.61. The Morgan fingerprint density at radius 3 is 2.76 bits per heavy atom. The van der Waals surface area contributed by atoms with Crippen LogP contribution in [0.2, 0.25) is 0 Å². The van der Waals surface area contributed by atoms with Crippen molar-refractivity contribution in [3.8, 4) is 11.3 Å². The molecule has 1 aliphatic heterocycles. The van der Waals surface area contributed by atoms with Gasteiger partial charge in [0.05, 0.1) is 24.0 Å². The number of ether oxygens (including phenoxy) is 1. The molecule has 2 aliphatic rings. The molecular weight excluding hydrogens is 458 g/mol. The van der Waals surface area contributed by atoms with Crippen molar-refractivity contribution < 1.29 is 13.5 Å². The Balaban J connectivity index is 1.40. The molecule has 0 spiro atoms. The highest BCUT2D eigenvalue weighted by Crippen LogP contribution is 2.41. The third-order valence-electron chi connectivity index (χ3n) is 6.39. The van der Waals surface area contributed by atoms with E-state index in [-0.39, 0.29) is 17.6 Å². The minimum absolute atomic E-state index is 0.00676. The number of rotatable bonds is 5. The van der Waals surface area contributed by atoms with Gasteiger partial charge in [0.1, 0.15) is 22.2 Å². The van der Waals surface area contributed by atoms with Crippen molar-refractivity contribution in [1.29, 1.82) is 0 Å². The normalized spacial score (nSPS) is 20.7. The Labute approximate surface area is 199 Å². The smallest absolute Gasteiger partial charge is 0.187 e. The Morgan fingerprint density at radius 1 is 1.12 bits per heavy atom. The van der Waals surface area contributed by atoms with E-state index in [2.05, 4.69) is 16.3 Å². The molecule has 1 aromatic carbocycles. The lowest BCUT2D eigenvalue weighted by Crippen LogP contribution is -2.20. The zero-order valence-electron chi connectivity index (χ0n) is 18.9. The number of benzene rings is 1. The second kappa shape index (κ2) is 8.35. The summed E-state index contributed by atoms with van der Waals surface area (Å²) in [6.45, 7) is 0.564. The summed E-state index contributed by atoms with van der Waals surface area (Å²) in [4.78, 5) is 16.1. The molecule has 34 heavy (non-hydrogen) atoms. The lowest BCUT2D eigenvalue weighted by atomic mass is 9.92. The molecule has 2 atom stereocenters. The van der Waals surface area contributed by atoms with Crippen LogP contribution in [0.5, 0.6) is 0 Å². The Hall–Kier alpha value is -2.98. The summed E-state index contributed by atoms with van der Waals surface area (Å²) in [5.41, 5.74) is 2.06. The highest BCUT2D eigenvalue weighted by atomic mass is 32.1. The summed E-state index contributed by atoms with van der Waals surface area (Å²) in [6, 6.07) is 3.95. The third kappa shape index (κ3) is 3.94. The molecule has 1 unspecified atom stereocenters. The van der Waals surface area contributed by atoms with Gasteiger partial charge in [-0.1, -0.05) is 11.3 Å². The molecule has 1 saturated carbocycles. The van der Waals surface area contributed by atoms with E-state index in [9.17, 15) is 8.78 Å². The Kier molecular flexibility index (Phi) is 5.29. The van der Waals surface area contributed by atoms with E-state index in [4.69, 9.17) is 14.7 Å². The second-order valence-electron chi connectivity index (χ2n) is 9.16. The molecule has 0 amide bonds. The molecular formula is C24H24F2N6OS. The van der Waals surface area contributed by atoms with E-state index in [1.165, 1.54) is 30.2 Å². The van der Waals surface area contributed by atoms with Gasteiger partial charge >= 0.3 is 0 Å². The number of hydrogen-bond acceptors (Lipinski definition) is 7. The maximum atomic E-state index is 14.8. The van der Waals surface area contributed by atoms with Crippen molar-refractivity contribution in [2.75, 3.05) is 25.6 Å². The summed E-state index contributed by atoms with van der Waals surface area (Å²) in [5, 5.41) is 5.23. The standard InChI is InChI=1S/C24H24F2N6OS/c1-31(2)24-30-23-21(34-24)20(17-10-15(25)3-6-18(17)26)28-22(29-23)13-7-8-33-19(9-13)14-11-27-32(12-14)16-4-5-16/h3,6,10-13,16,19H,4-5,7-9H2,1-2H3/t13?,19-/m1/s1. The van der Waals surface area contributed by atoms with Crippen LogP contribution in [0.4, 0.5) is 13.9 Å². The van der Waals surface area contributed by atoms with E-state index >= 15 is 0 Å². The SMILES string of the molecule is CN(C)c1nc2nc(C3CCO[C@@H](c4cnn(C5CC5)c4)C3)nc(-c3cc(F)ccc3F)c2s1. The van der Waals surface area contributed by atoms with Crippen molar-refractivity contribution >= 4 is 26.8 Å². The van der Waals surface area contributed by atoms with Gasteiger partial charge < -0.3 is 9.64 Å². The topological polar surface area (TPSA) is 69.0 Å². The first-order chi connectivity index (χ1) is 16.5. The number of halogens is 2. The fraction of sp³-hybridized carbons (Fsp3) is 0.417. The quantitative estimate of drug-likeness (QED) is 0.386. The predicted octanol–water partition coefficient (Wildman–Crippen LogP) is 5.26. The van der Waals surface area contributed by atoms with Crippen LogP contribution in [0.3, 0.4) is 0 Å². The molecule has 0 radical (unpaired) electrons. The van der Waals surface area contributed by atoms with Gasteiger partial charge in [0.15, 0.2) is 10.8 Å². The molecule has 10 heteroatoms. The molecule has 7 nitrogen and oxygen atoms in total. The van der Waals surface area contributed by atoms with Crippen LogP contribution in [-0.2, 0) is 4.74 Å². The van der Waals surface area contributed by atoms with Crippen LogP contribution < -0.4 is 4.90 Å². The maximum Gasteiger partial charge on any atom is 0.187 e. The van der Waals surface area contributed by atoms with Gasteiger partial charge in [-0.25, -0.2) is 18.7 Å². The fourth-order valence-corrected chi connectivity index (χ4v) is 5.32. The Morgan fingerprint density at radius 2 is 1.97 bits per heavy atom. The number of thiazole rings is 1. The molecule has 1 aliphatic carbocycles. The lowest BCUT2D eigenvalue weighted by Gasteiger charge is -2.28. The van der Waals surface area contributed by atoms with Crippen LogP contribution in [0.1, 0.15) is 55.1 Å². The van der Waals surface area contributed by atoms with Crippen molar-refractivity contribution in [2.45, 2.75) is 43.7 Å². The maximum absolute atomic E-state index is 14.8. The molecule has 1 saturated heterocycles. The van der Waals surface area contributed by atoms with Crippen molar-refractivity contribution in [3.05, 3.63) is 53.6 Å². The van der Waals surface area contributed by atoms with Gasteiger partial charge in [0, 0.05) is 43.9 Å². The monoisotopic (exact) mass is 482 g/mol. The first-order valence-corrected chi connectivity index (χ1v) is 12.2. The molecule has 6 rings (SSSR count). The van der Waals surface area contributed by atoms with E-state index in [1.807, 2.05) is 29.9 Å². The minimum atomic E-state index is -0.524. The van der Waals surface area contributed by atoms with Gasteiger partial charge in [0.25, 0.3) is 0 Å². The molecule has 3 aromatic heterocycles. The van der Waals surface area contributed by atoms with Gasteiger partial charge in [-0.3, -0.25) is 4.68 Å². The zero-order valence-corrected chi connectivity index (χ0v) is 19.7. The first kappa shape index (κ1) is 21.5. The number of nitrogens with zero attached hydrogens (tertiary/aromatic N) is 6. The van der Waals surface area contributed by atoms with E-state index in [0.717, 1.165) is 29.2 Å². The summed E-state index contributed by atoms with van der Waals surface area (Å²) >= 11 is 1.37. The van der Waals surface area contributed by atoms with Crippen molar-refractivity contribution in [3.63, 3.8) is 0 Å². The van der Waals surface area contributed by atoms with Gasteiger partial charge in [-0.15, -0.1) is 0 Å². The minimum Gasteiger partial charge on any atom is -0.373 e. The summed E-state index contributed by atoms with van der Waals surface area (Å²) < 4.78 is 37.6. The number of hydrogen-bond donors (Lipinski definition) is 0. The van der Waals surface area contributed by atoms with E-state index in [0.29, 0.717) is 40.9 Å². The summed E-state index contributed by atoms with van der Waals surface area (Å²) in [5.74, 6) is -0.442. The average Bonchev–Trinajstić information content (AvgIpc) is 3.39. The van der Waals surface area contributed by atoms with Crippen LogP contribution >= 0.6 is 11.3 Å². The van der Waals surface area contributed by atoms with E-state index in [1.54, 1.807) is 0 Å². The van der Waals surface area contributed by atoms with Gasteiger partial charge in [-0.2, -0.15) is 10.1 Å². The van der Waals surface area contributed by atoms with Gasteiger partial charge in [0.2, 0.25) is 0 Å². The highest BCUT2D eigenvalue weighted by molar-refractivity contribution is 7.22. The van der Waals surface area contributed by atoms with Crippen LogP contribution in [0.25, 0.3) is 21.6 Å². The highest BCUT2D eigenvalue weighted by Gasteiger charge is 2.31. The van der Waals surface area contributed by atoms with Crippen molar-refractivity contribution in [1.82, 2.24) is 24.7 Å². The average molecular weight is 483 g/mol. The Bertz CT molecular complexity index is 1370. The molecule has 0 N–H and O–H groups in total. The predicted molar refractivity (Wildman–Crippen MR) is 126 cm³/mol. The summed E-state index contributed by atoms with van der Waals surface area (Å²) in [7, 11) is 3.78. The molecule has 176 valence electrons. The molecule has 2 fully saturated rings. The van der Waals surface area contributed by atoms with Gasteiger partial charge in [-0.05, 0) is 43.9 Å². The van der Waals surface area contributed by atoms with Crippen molar-refractivity contribution in [2.24, 2.45) is 0 Å². The second-order valence-corrected chi connectivity index (χ2v) is 10.1. The molecule has 0 bridgehead atoms. The number of anilines is 1. The van der Waals surface area contributed by atoms with Crippen LogP contribution in [-0.4, -0.2) is 45.4 Å². The van der Waals surface area contributed by atoms with Crippen LogP contribution in [0, 0.1) is 11.6 Å².